The van der Waals surface area contributed by atoms with Crippen molar-refractivity contribution >= 4 is 63.1 Å². The highest BCUT2D eigenvalue weighted by Gasteiger charge is 2.49. The number of rotatable bonds is 6. The summed E-state index contributed by atoms with van der Waals surface area (Å²) in [6, 6.07) is 43.0. The van der Waals surface area contributed by atoms with Crippen LogP contribution in [-0.2, 0) is 0 Å². The molecule has 0 spiro atoms. The van der Waals surface area contributed by atoms with Crippen LogP contribution in [0.25, 0.3) is 0 Å². The molecule has 36 heavy (non-hydrogen) atoms. The number of benzene rings is 5. The van der Waals surface area contributed by atoms with Crippen molar-refractivity contribution in [1.82, 2.24) is 0 Å². The summed E-state index contributed by atoms with van der Waals surface area (Å²) in [5.41, 5.74) is 1.21. The topological polar surface area (TPSA) is 45.0 Å². The molecule has 5 rings (SSSR count). The minimum Gasteiger partial charge on any atom is -0.505 e. The largest absolute Gasteiger partial charge is 0.505 e. The maximum Gasteiger partial charge on any atom is 0.152 e. The van der Waals surface area contributed by atoms with E-state index in [1.165, 1.54) is 15.9 Å². The van der Waals surface area contributed by atoms with Crippen LogP contribution in [0.4, 0.5) is 11.4 Å². The third-order valence-electron chi connectivity index (χ3n) is 5.95. The molecule has 0 aliphatic heterocycles. The Balaban J connectivity index is 1.79. The molecule has 0 fully saturated rings. The summed E-state index contributed by atoms with van der Waals surface area (Å²) in [6.07, 6.45) is 0. The first-order chi connectivity index (χ1) is 17.6. The number of phenols is 1. The SMILES string of the molecule is Oc1c(Cl)cc(N=Nc2ccccc2[P+](c2ccccc2)(c2ccccc2)c2ccccc2)cc1Cl. The zero-order valence-electron chi connectivity index (χ0n) is 19.2. The van der Waals surface area contributed by atoms with Gasteiger partial charge in [0.15, 0.2) is 5.75 Å². The van der Waals surface area contributed by atoms with Crippen molar-refractivity contribution in [2.24, 2.45) is 10.2 Å². The molecule has 3 nitrogen and oxygen atoms in total. The maximum atomic E-state index is 9.91. The summed E-state index contributed by atoms with van der Waals surface area (Å²) in [5, 5.41) is 24.1. The molecule has 6 heteroatoms. The van der Waals surface area contributed by atoms with Crippen LogP contribution in [0.5, 0.6) is 5.75 Å². The van der Waals surface area contributed by atoms with Crippen molar-refractivity contribution in [1.29, 1.82) is 0 Å². The van der Waals surface area contributed by atoms with Gasteiger partial charge >= 0.3 is 0 Å². The van der Waals surface area contributed by atoms with Crippen molar-refractivity contribution in [3.63, 3.8) is 0 Å². The Kier molecular flexibility index (Phi) is 7.16. The Morgan fingerprint density at radius 2 is 0.944 bits per heavy atom. The normalized spacial score (nSPS) is 11.6. The van der Waals surface area contributed by atoms with E-state index >= 15 is 0 Å². The first-order valence-electron chi connectivity index (χ1n) is 11.4. The summed E-state index contributed by atoms with van der Waals surface area (Å²) >= 11 is 12.2. The summed E-state index contributed by atoms with van der Waals surface area (Å²) in [4.78, 5) is 0. The van der Waals surface area contributed by atoms with Crippen LogP contribution in [0.2, 0.25) is 10.0 Å². The predicted molar refractivity (Wildman–Crippen MR) is 154 cm³/mol. The monoisotopic (exact) mass is 527 g/mol. The molecule has 0 heterocycles. The van der Waals surface area contributed by atoms with Gasteiger partial charge < -0.3 is 5.11 Å². The van der Waals surface area contributed by atoms with Crippen LogP contribution >= 0.6 is 30.5 Å². The number of halogens is 2. The van der Waals surface area contributed by atoms with E-state index in [2.05, 4.69) is 89.1 Å². The summed E-state index contributed by atoms with van der Waals surface area (Å²) < 4.78 is 0. The van der Waals surface area contributed by atoms with Crippen molar-refractivity contribution in [3.8, 4) is 5.75 Å². The quantitative estimate of drug-likeness (QED) is 0.178. The van der Waals surface area contributed by atoms with Gasteiger partial charge in [-0.1, -0.05) is 89.9 Å². The van der Waals surface area contributed by atoms with E-state index in [0.29, 0.717) is 5.69 Å². The van der Waals surface area contributed by atoms with Gasteiger partial charge in [0.25, 0.3) is 0 Å². The standard InChI is InChI=1S/C30H21Cl2N2OP/c31-26-20-22(21-27(32)30(26)35)33-34-28-18-10-11-19-29(28)36(23-12-4-1-5-13-23,24-14-6-2-7-15-24)25-16-8-3-9-17-25/h1-21H/p+1. The lowest BCUT2D eigenvalue weighted by atomic mass is 10.3. The highest BCUT2D eigenvalue weighted by Crippen LogP contribution is 2.56. The molecule has 0 bridgehead atoms. The number of hydrogen-bond acceptors (Lipinski definition) is 3. The van der Waals surface area contributed by atoms with Gasteiger partial charge in [0.05, 0.1) is 15.7 Å². The second-order valence-corrected chi connectivity index (χ2v) is 12.3. The minimum absolute atomic E-state index is 0.129. The third kappa shape index (κ3) is 4.54. The molecule has 5 aromatic rings. The van der Waals surface area contributed by atoms with Gasteiger partial charge in [-0.2, -0.15) is 5.11 Å². The van der Waals surface area contributed by atoms with E-state index in [1.54, 1.807) is 12.1 Å². The molecule has 0 radical (unpaired) electrons. The molecular formula is C30H22Cl2N2OP+. The molecule has 0 aromatic heterocycles. The molecule has 0 amide bonds. The first-order valence-corrected chi connectivity index (χ1v) is 13.9. The highest BCUT2D eigenvalue weighted by atomic mass is 35.5. The number of phenolic OH excluding ortho intramolecular Hbond substituents is 1. The lowest BCUT2D eigenvalue weighted by Gasteiger charge is -2.28. The van der Waals surface area contributed by atoms with Crippen LogP contribution in [0, 0.1) is 0 Å². The number of nitrogens with zero attached hydrogens (tertiary/aromatic N) is 2. The molecule has 5 aromatic carbocycles. The van der Waals surface area contributed by atoms with Crippen LogP contribution < -0.4 is 21.2 Å². The molecule has 0 aliphatic carbocycles. The Morgan fingerprint density at radius 3 is 1.42 bits per heavy atom. The number of hydrogen-bond donors (Lipinski definition) is 1. The summed E-state index contributed by atoms with van der Waals surface area (Å²) in [5.74, 6) is -0.167. The Labute approximate surface area is 221 Å². The van der Waals surface area contributed by atoms with Gasteiger partial charge in [0.1, 0.15) is 34.2 Å². The van der Waals surface area contributed by atoms with Gasteiger partial charge in [0.2, 0.25) is 0 Å². The fourth-order valence-corrected chi connectivity index (χ4v) is 9.21. The highest BCUT2D eigenvalue weighted by molar-refractivity contribution is 8.01. The molecule has 0 saturated carbocycles. The molecule has 0 atom stereocenters. The minimum atomic E-state index is -2.34. The molecule has 1 N–H and O–H groups in total. The molecule has 0 unspecified atom stereocenters. The van der Waals surface area contributed by atoms with Gasteiger partial charge in [-0.15, -0.1) is 5.11 Å². The molecule has 0 saturated heterocycles. The Bertz CT molecular complexity index is 1390. The fraction of sp³-hybridized carbons (Fsp3) is 0. The van der Waals surface area contributed by atoms with Crippen molar-refractivity contribution in [2.45, 2.75) is 0 Å². The Hall–Kier alpha value is -3.49. The lowest BCUT2D eigenvalue weighted by Crippen LogP contribution is -2.38. The van der Waals surface area contributed by atoms with Crippen molar-refractivity contribution < 1.29 is 5.11 Å². The van der Waals surface area contributed by atoms with Gasteiger partial charge in [0, 0.05) is 0 Å². The second kappa shape index (κ2) is 10.6. The van der Waals surface area contributed by atoms with E-state index < -0.39 is 7.26 Å². The van der Waals surface area contributed by atoms with Crippen LogP contribution in [0.1, 0.15) is 0 Å². The third-order valence-corrected chi connectivity index (χ3v) is 10.8. The fourth-order valence-electron chi connectivity index (χ4n) is 4.37. The van der Waals surface area contributed by atoms with Crippen LogP contribution in [0.15, 0.2) is 138 Å². The average molecular weight is 528 g/mol. The van der Waals surface area contributed by atoms with Crippen molar-refractivity contribution in [2.75, 3.05) is 0 Å². The van der Waals surface area contributed by atoms with Crippen molar-refractivity contribution in [3.05, 3.63) is 137 Å². The zero-order chi connectivity index (χ0) is 25.0. The van der Waals surface area contributed by atoms with E-state index in [-0.39, 0.29) is 15.8 Å². The van der Waals surface area contributed by atoms with Gasteiger partial charge in [-0.3, -0.25) is 0 Å². The predicted octanol–water partition coefficient (Wildman–Crippen LogP) is 7.73. The zero-order valence-corrected chi connectivity index (χ0v) is 21.6. The number of azo groups is 1. The van der Waals surface area contributed by atoms with Gasteiger partial charge in [-0.05, 0) is 60.7 Å². The lowest BCUT2D eigenvalue weighted by molar-refractivity contribution is 0.476. The second-order valence-electron chi connectivity index (χ2n) is 8.12. The molecule has 176 valence electrons. The van der Waals surface area contributed by atoms with Crippen LogP contribution in [0.3, 0.4) is 0 Å². The van der Waals surface area contributed by atoms with E-state index in [0.717, 1.165) is 11.0 Å². The first kappa shape index (κ1) is 24.2. The molecular weight excluding hydrogens is 506 g/mol. The smallest absolute Gasteiger partial charge is 0.152 e. The van der Waals surface area contributed by atoms with E-state index in [4.69, 9.17) is 23.2 Å². The van der Waals surface area contributed by atoms with E-state index in [1.807, 2.05) is 36.4 Å². The van der Waals surface area contributed by atoms with Crippen LogP contribution in [-0.4, -0.2) is 5.11 Å². The number of aromatic hydroxyl groups is 1. The Morgan fingerprint density at radius 1 is 0.528 bits per heavy atom. The summed E-state index contributed by atoms with van der Waals surface area (Å²) in [6.45, 7) is 0. The average Bonchev–Trinajstić information content (AvgIpc) is 2.93. The van der Waals surface area contributed by atoms with E-state index in [9.17, 15) is 5.11 Å². The molecule has 0 aliphatic rings. The maximum absolute atomic E-state index is 9.91. The summed E-state index contributed by atoms with van der Waals surface area (Å²) in [7, 11) is -2.34. The van der Waals surface area contributed by atoms with Gasteiger partial charge in [-0.25, -0.2) is 0 Å².